The summed E-state index contributed by atoms with van der Waals surface area (Å²) < 4.78 is 1.85. The first-order valence-electron chi connectivity index (χ1n) is 9.75. The molecule has 0 saturated carbocycles. The van der Waals surface area contributed by atoms with E-state index in [2.05, 4.69) is 20.4 Å². The van der Waals surface area contributed by atoms with Gasteiger partial charge in [-0.2, -0.15) is 0 Å². The smallest absolute Gasteiger partial charge is 0.317 e. The second-order valence-electron chi connectivity index (χ2n) is 7.62. The van der Waals surface area contributed by atoms with Gasteiger partial charge in [-0.25, -0.2) is 4.79 Å². The Morgan fingerprint density at radius 2 is 1.88 bits per heavy atom. The highest BCUT2D eigenvalue weighted by molar-refractivity contribution is 5.74. The van der Waals surface area contributed by atoms with Crippen LogP contribution in [0.3, 0.4) is 0 Å². The fraction of sp³-hybridized carbons (Fsp3) is 0.833. The lowest BCUT2D eigenvalue weighted by atomic mass is 9.96. The molecule has 0 bridgehead atoms. The van der Waals surface area contributed by atoms with Crippen LogP contribution in [0.5, 0.6) is 0 Å². The second kappa shape index (κ2) is 8.65. The first-order valence-corrected chi connectivity index (χ1v) is 9.75. The minimum Gasteiger partial charge on any atom is -0.328 e. The number of carbonyl (C=O) groups excluding carboxylic acids is 1. The Bertz CT molecular complexity index is 544. The normalized spacial score (nSPS) is 21.8. The number of rotatable bonds is 4. The van der Waals surface area contributed by atoms with Gasteiger partial charge in [-0.05, 0) is 51.6 Å². The molecule has 0 aromatic carbocycles. The number of urea groups is 1. The summed E-state index contributed by atoms with van der Waals surface area (Å²) in [6.45, 7) is 7.40. The number of likely N-dealkylation sites (tertiary alicyclic amines) is 2. The summed E-state index contributed by atoms with van der Waals surface area (Å²) in [5.74, 6) is 1.52. The molecule has 7 heteroatoms. The SMILES string of the molecule is C[C@@H](NC(=O)N1CCC(CN2CCCCCC2)CC1)c1nncn1C. The average molecular weight is 348 g/mol. The molecule has 0 radical (unpaired) electrons. The van der Waals surface area contributed by atoms with E-state index in [1.165, 1.54) is 45.3 Å². The van der Waals surface area contributed by atoms with Crippen molar-refractivity contribution in [1.82, 2.24) is 29.9 Å². The maximum atomic E-state index is 12.5. The summed E-state index contributed by atoms with van der Waals surface area (Å²) in [5.41, 5.74) is 0. The van der Waals surface area contributed by atoms with Crippen LogP contribution in [-0.4, -0.2) is 63.3 Å². The number of piperidine rings is 1. The zero-order chi connectivity index (χ0) is 17.6. The van der Waals surface area contributed by atoms with Crippen molar-refractivity contribution in [3.63, 3.8) is 0 Å². The zero-order valence-electron chi connectivity index (χ0n) is 15.7. The molecule has 2 fully saturated rings. The Morgan fingerprint density at radius 3 is 2.48 bits per heavy atom. The van der Waals surface area contributed by atoms with Gasteiger partial charge in [0.1, 0.15) is 6.33 Å². The predicted octanol–water partition coefficient (Wildman–Crippen LogP) is 2.17. The molecule has 0 spiro atoms. The summed E-state index contributed by atoms with van der Waals surface area (Å²) in [5, 5.41) is 11.0. The van der Waals surface area contributed by atoms with Crippen LogP contribution < -0.4 is 5.32 Å². The van der Waals surface area contributed by atoms with Gasteiger partial charge in [0.05, 0.1) is 6.04 Å². The van der Waals surface area contributed by atoms with Crippen LogP contribution in [-0.2, 0) is 7.05 Å². The predicted molar refractivity (Wildman–Crippen MR) is 97.2 cm³/mol. The van der Waals surface area contributed by atoms with Crippen molar-refractivity contribution >= 4 is 6.03 Å². The second-order valence-corrected chi connectivity index (χ2v) is 7.62. The van der Waals surface area contributed by atoms with E-state index in [1.54, 1.807) is 6.33 Å². The lowest BCUT2D eigenvalue weighted by Crippen LogP contribution is -2.46. The van der Waals surface area contributed by atoms with Crippen molar-refractivity contribution < 1.29 is 4.79 Å². The van der Waals surface area contributed by atoms with Gasteiger partial charge < -0.3 is 19.7 Å². The summed E-state index contributed by atoms with van der Waals surface area (Å²) in [6, 6.07) is -0.112. The lowest BCUT2D eigenvalue weighted by Gasteiger charge is -2.35. The number of aryl methyl sites for hydroxylation is 1. The Labute approximate surface area is 150 Å². The maximum absolute atomic E-state index is 12.5. The summed E-state index contributed by atoms with van der Waals surface area (Å²) in [7, 11) is 1.90. The minimum atomic E-state index is -0.130. The van der Waals surface area contributed by atoms with E-state index in [1.807, 2.05) is 23.4 Å². The third-order valence-electron chi connectivity index (χ3n) is 5.59. The molecule has 1 N–H and O–H groups in total. The van der Waals surface area contributed by atoms with Crippen LogP contribution in [0.4, 0.5) is 4.79 Å². The molecule has 2 aliphatic heterocycles. The quantitative estimate of drug-likeness (QED) is 0.906. The van der Waals surface area contributed by atoms with Gasteiger partial charge in [-0.1, -0.05) is 12.8 Å². The van der Waals surface area contributed by atoms with Gasteiger partial charge in [0.25, 0.3) is 0 Å². The fourth-order valence-electron chi connectivity index (χ4n) is 4.03. The van der Waals surface area contributed by atoms with Crippen molar-refractivity contribution in [2.75, 3.05) is 32.7 Å². The van der Waals surface area contributed by atoms with Gasteiger partial charge in [0, 0.05) is 26.7 Å². The van der Waals surface area contributed by atoms with Crippen molar-refractivity contribution in [3.05, 3.63) is 12.2 Å². The van der Waals surface area contributed by atoms with Gasteiger partial charge in [-0.3, -0.25) is 0 Å². The standard InChI is InChI=1S/C18H32N6O/c1-15(17-21-19-14-22(17)2)20-18(25)24-11-7-16(8-12-24)13-23-9-5-3-4-6-10-23/h14-16H,3-13H2,1-2H3,(H,20,25)/t15-/m1/s1. The molecule has 3 rings (SSSR count). The van der Waals surface area contributed by atoms with Crippen LogP contribution in [0.15, 0.2) is 6.33 Å². The summed E-state index contributed by atoms with van der Waals surface area (Å²) in [6.07, 6.45) is 9.36. The molecule has 7 nitrogen and oxygen atoms in total. The van der Waals surface area contributed by atoms with Crippen molar-refractivity contribution in [3.8, 4) is 0 Å². The van der Waals surface area contributed by atoms with Crippen LogP contribution in [0, 0.1) is 5.92 Å². The molecule has 1 aromatic rings. The van der Waals surface area contributed by atoms with Crippen LogP contribution in [0.2, 0.25) is 0 Å². The Kier molecular flexibility index (Phi) is 6.29. The summed E-state index contributed by atoms with van der Waals surface area (Å²) in [4.78, 5) is 17.1. The van der Waals surface area contributed by atoms with Gasteiger partial charge >= 0.3 is 6.03 Å². The van der Waals surface area contributed by atoms with E-state index in [4.69, 9.17) is 0 Å². The molecule has 0 unspecified atom stereocenters. The van der Waals surface area contributed by atoms with Gasteiger partial charge in [0.15, 0.2) is 5.82 Å². The van der Waals surface area contributed by atoms with E-state index in [0.29, 0.717) is 0 Å². The largest absolute Gasteiger partial charge is 0.328 e. The first kappa shape index (κ1) is 18.2. The third kappa shape index (κ3) is 4.93. The molecule has 1 atom stereocenters. The van der Waals surface area contributed by atoms with Gasteiger partial charge in [-0.15, -0.1) is 10.2 Å². The molecule has 3 heterocycles. The Balaban J connectivity index is 1.42. The van der Waals surface area contributed by atoms with Crippen LogP contribution in [0.1, 0.15) is 57.3 Å². The van der Waals surface area contributed by atoms with E-state index in [-0.39, 0.29) is 12.1 Å². The Morgan fingerprint density at radius 1 is 1.20 bits per heavy atom. The molecule has 0 aliphatic carbocycles. The maximum Gasteiger partial charge on any atom is 0.317 e. The van der Waals surface area contributed by atoms with E-state index in [0.717, 1.165) is 37.7 Å². The van der Waals surface area contributed by atoms with Crippen molar-refractivity contribution in [2.24, 2.45) is 13.0 Å². The molecule has 25 heavy (non-hydrogen) atoms. The molecule has 2 aliphatic rings. The van der Waals surface area contributed by atoms with Crippen LogP contribution >= 0.6 is 0 Å². The highest BCUT2D eigenvalue weighted by atomic mass is 16.2. The molecular formula is C18H32N6O. The minimum absolute atomic E-state index is 0.0173. The third-order valence-corrected chi connectivity index (χ3v) is 5.59. The highest BCUT2D eigenvalue weighted by Crippen LogP contribution is 2.21. The average Bonchev–Trinajstić information content (AvgIpc) is 2.88. The number of amides is 2. The fourth-order valence-corrected chi connectivity index (χ4v) is 4.03. The molecule has 2 saturated heterocycles. The summed E-state index contributed by atoms with van der Waals surface area (Å²) >= 11 is 0. The number of hydrogen-bond donors (Lipinski definition) is 1. The van der Waals surface area contributed by atoms with E-state index >= 15 is 0 Å². The number of nitrogens with one attached hydrogen (secondary N) is 1. The molecule has 2 amide bonds. The zero-order valence-corrected chi connectivity index (χ0v) is 15.7. The Hall–Kier alpha value is -1.63. The molecule has 140 valence electrons. The monoisotopic (exact) mass is 348 g/mol. The first-order chi connectivity index (χ1) is 12.1. The molecule has 1 aromatic heterocycles. The lowest BCUT2D eigenvalue weighted by molar-refractivity contribution is 0.146. The van der Waals surface area contributed by atoms with Crippen LogP contribution in [0.25, 0.3) is 0 Å². The van der Waals surface area contributed by atoms with E-state index in [9.17, 15) is 4.79 Å². The highest BCUT2D eigenvalue weighted by Gasteiger charge is 2.26. The number of aromatic nitrogens is 3. The number of nitrogens with zero attached hydrogens (tertiary/aromatic N) is 5. The number of carbonyl (C=O) groups is 1. The molecular weight excluding hydrogens is 316 g/mol. The van der Waals surface area contributed by atoms with Gasteiger partial charge in [0.2, 0.25) is 0 Å². The topological polar surface area (TPSA) is 66.3 Å². The number of hydrogen-bond acceptors (Lipinski definition) is 4. The van der Waals surface area contributed by atoms with Crippen molar-refractivity contribution in [2.45, 2.75) is 51.5 Å². The van der Waals surface area contributed by atoms with Crippen molar-refractivity contribution in [1.29, 1.82) is 0 Å². The van der Waals surface area contributed by atoms with E-state index < -0.39 is 0 Å².